The van der Waals surface area contributed by atoms with Crippen molar-refractivity contribution in [2.75, 3.05) is 5.32 Å². The van der Waals surface area contributed by atoms with Crippen molar-refractivity contribution in [3.8, 4) is 5.75 Å². The van der Waals surface area contributed by atoms with Crippen LogP contribution < -0.4 is 15.4 Å². The molecule has 0 aliphatic carbocycles. The number of aryl methyl sites for hydroxylation is 1. The van der Waals surface area contributed by atoms with E-state index in [2.05, 4.69) is 21.7 Å². The molecule has 0 saturated carbocycles. The molecule has 0 fully saturated rings. The minimum absolute atomic E-state index is 0.0645. The summed E-state index contributed by atoms with van der Waals surface area (Å²) in [5, 5.41) is 6.19. The first-order chi connectivity index (χ1) is 13.5. The summed E-state index contributed by atoms with van der Waals surface area (Å²) in [5.74, 6) is 1.19. The molecule has 144 valence electrons. The predicted octanol–water partition coefficient (Wildman–Crippen LogP) is 4.85. The monoisotopic (exact) mass is 375 g/mol. The predicted molar refractivity (Wildman–Crippen MR) is 112 cm³/mol. The first-order valence-corrected chi connectivity index (χ1v) is 9.34. The van der Waals surface area contributed by atoms with Gasteiger partial charge in [-0.3, -0.25) is 4.79 Å². The second-order valence-corrected chi connectivity index (χ2v) is 6.89. The number of hydrogen-bond donors (Lipinski definition) is 2. The maximum Gasteiger partial charge on any atom is 0.251 e. The lowest BCUT2D eigenvalue weighted by molar-refractivity contribution is 0.0951. The number of ether oxygens (including phenoxy) is 1. The van der Waals surface area contributed by atoms with Crippen LogP contribution in [0.5, 0.6) is 5.75 Å². The molecule has 0 spiro atoms. The van der Waals surface area contributed by atoms with Crippen molar-refractivity contribution < 1.29 is 9.53 Å². The Balaban J connectivity index is 1.69. The number of hydrogen-bond acceptors (Lipinski definition) is 4. The normalized spacial score (nSPS) is 10.6. The van der Waals surface area contributed by atoms with E-state index in [1.165, 1.54) is 5.56 Å². The number of para-hydroxylation sites is 2. The van der Waals surface area contributed by atoms with E-state index in [4.69, 9.17) is 4.74 Å². The Hall–Kier alpha value is -3.34. The second-order valence-electron chi connectivity index (χ2n) is 6.89. The topological polar surface area (TPSA) is 63.2 Å². The number of anilines is 2. The number of nitrogens with one attached hydrogen (secondary N) is 2. The summed E-state index contributed by atoms with van der Waals surface area (Å²) in [5.41, 5.74) is 3.60. The summed E-state index contributed by atoms with van der Waals surface area (Å²) in [4.78, 5) is 16.8. The van der Waals surface area contributed by atoms with E-state index in [0.29, 0.717) is 17.9 Å². The Kier molecular flexibility index (Phi) is 6.27. The van der Waals surface area contributed by atoms with Crippen molar-refractivity contribution in [2.45, 2.75) is 33.4 Å². The Labute approximate surface area is 165 Å². The van der Waals surface area contributed by atoms with Gasteiger partial charge >= 0.3 is 0 Å². The van der Waals surface area contributed by atoms with Gasteiger partial charge in [-0.1, -0.05) is 42.0 Å². The van der Waals surface area contributed by atoms with E-state index in [-0.39, 0.29) is 12.0 Å². The molecule has 5 nitrogen and oxygen atoms in total. The maximum absolute atomic E-state index is 12.5. The Bertz CT molecular complexity index is 954. The average molecular weight is 375 g/mol. The van der Waals surface area contributed by atoms with Gasteiger partial charge in [-0.2, -0.15) is 0 Å². The van der Waals surface area contributed by atoms with Gasteiger partial charge < -0.3 is 15.4 Å². The lowest BCUT2D eigenvalue weighted by atomic mass is 10.1. The van der Waals surface area contributed by atoms with Crippen LogP contribution in [0.3, 0.4) is 0 Å². The van der Waals surface area contributed by atoms with Crippen LogP contribution in [0.4, 0.5) is 11.5 Å². The van der Waals surface area contributed by atoms with E-state index in [9.17, 15) is 4.79 Å². The average Bonchev–Trinajstić information content (AvgIpc) is 2.67. The molecule has 1 aromatic heterocycles. The maximum atomic E-state index is 12.5. The molecule has 1 amide bonds. The molecule has 0 radical (unpaired) electrons. The van der Waals surface area contributed by atoms with Gasteiger partial charge in [0.05, 0.1) is 11.8 Å². The number of benzene rings is 2. The van der Waals surface area contributed by atoms with E-state index in [1.54, 1.807) is 18.3 Å². The molecular weight excluding hydrogens is 350 g/mol. The van der Waals surface area contributed by atoms with Crippen LogP contribution >= 0.6 is 0 Å². The number of amides is 1. The molecule has 2 aromatic carbocycles. The van der Waals surface area contributed by atoms with Crippen molar-refractivity contribution in [2.24, 2.45) is 0 Å². The van der Waals surface area contributed by atoms with Crippen LogP contribution in [-0.2, 0) is 6.54 Å². The number of pyridine rings is 1. The van der Waals surface area contributed by atoms with Crippen LogP contribution in [0, 0.1) is 6.92 Å². The highest BCUT2D eigenvalue weighted by molar-refractivity contribution is 5.94. The molecule has 0 unspecified atom stereocenters. The van der Waals surface area contributed by atoms with Crippen molar-refractivity contribution in [3.63, 3.8) is 0 Å². The van der Waals surface area contributed by atoms with Gasteiger partial charge in [0.15, 0.2) is 0 Å². The van der Waals surface area contributed by atoms with E-state index < -0.39 is 0 Å². The van der Waals surface area contributed by atoms with Crippen LogP contribution in [0.15, 0.2) is 66.9 Å². The smallest absolute Gasteiger partial charge is 0.251 e. The Morgan fingerprint density at radius 1 is 1.07 bits per heavy atom. The van der Waals surface area contributed by atoms with Gasteiger partial charge in [0.25, 0.3) is 5.91 Å². The molecule has 2 N–H and O–H groups in total. The molecular formula is C23H25N3O2. The third-order valence-electron chi connectivity index (χ3n) is 4.07. The molecule has 3 aromatic rings. The van der Waals surface area contributed by atoms with E-state index in [0.717, 1.165) is 17.0 Å². The molecule has 28 heavy (non-hydrogen) atoms. The van der Waals surface area contributed by atoms with Gasteiger partial charge in [0, 0.05) is 18.3 Å². The number of carbonyl (C=O) groups excluding carboxylic acids is 1. The van der Waals surface area contributed by atoms with Crippen molar-refractivity contribution >= 4 is 17.4 Å². The highest BCUT2D eigenvalue weighted by Crippen LogP contribution is 2.27. The zero-order chi connectivity index (χ0) is 19.9. The Morgan fingerprint density at radius 2 is 1.89 bits per heavy atom. The van der Waals surface area contributed by atoms with Gasteiger partial charge in [0.1, 0.15) is 11.6 Å². The summed E-state index contributed by atoms with van der Waals surface area (Å²) < 4.78 is 5.82. The summed E-state index contributed by atoms with van der Waals surface area (Å²) in [6.45, 7) is 6.48. The fourth-order valence-corrected chi connectivity index (χ4v) is 2.81. The number of rotatable bonds is 7. The molecule has 5 heteroatoms. The summed E-state index contributed by atoms with van der Waals surface area (Å²) in [6.07, 6.45) is 1.69. The molecule has 0 saturated heterocycles. The minimum atomic E-state index is -0.140. The molecule has 0 atom stereocenters. The third-order valence-corrected chi connectivity index (χ3v) is 4.07. The lowest BCUT2D eigenvalue weighted by Crippen LogP contribution is -2.23. The quantitative estimate of drug-likeness (QED) is 0.620. The van der Waals surface area contributed by atoms with Crippen molar-refractivity contribution in [1.82, 2.24) is 10.3 Å². The van der Waals surface area contributed by atoms with E-state index >= 15 is 0 Å². The summed E-state index contributed by atoms with van der Waals surface area (Å²) in [6, 6.07) is 19.2. The second kappa shape index (κ2) is 9.04. The van der Waals surface area contributed by atoms with Crippen molar-refractivity contribution in [3.05, 3.63) is 83.6 Å². The first-order valence-electron chi connectivity index (χ1n) is 9.34. The van der Waals surface area contributed by atoms with Gasteiger partial charge in [-0.25, -0.2) is 4.98 Å². The number of nitrogens with zero attached hydrogens (tertiary/aromatic N) is 1. The first kappa shape index (κ1) is 19.4. The van der Waals surface area contributed by atoms with Crippen LogP contribution in [-0.4, -0.2) is 17.0 Å². The lowest BCUT2D eigenvalue weighted by Gasteiger charge is -2.15. The number of carbonyl (C=O) groups is 1. The van der Waals surface area contributed by atoms with Gasteiger partial charge in [0.2, 0.25) is 0 Å². The zero-order valence-electron chi connectivity index (χ0n) is 16.4. The molecule has 1 heterocycles. The van der Waals surface area contributed by atoms with Crippen LogP contribution in [0.2, 0.25) is 0 Å². The standard InChI is InChI=1S/C23H25N3O2/c1-16(2)28-21-10-5-4-9-20(21)26-22-14-19(11-12-24-22)23(27)25-15-18-8-6-7-17(3)13-18/h4-14,16H,15H2,1-3H3,(H,24,26)(H,25,27). The zero-order valence-corrected chi connectivity index (χ0v) is 16.4. The Morgan fingerprint density at radius 3 is 2.68 bits per heavy atom. The number of aromatic nitrogens is 1. The third kappa shape index (κ3) is 5.33. The van der Waals surface area contributed by atoms with Gasteiger partial charge in [-0.15, -0.1) is 0 Å². The van der Waals surface area contributed by atoms with Gasteiger partial charge in [-0.05, 0) is 50.6 Å². The fraction of sp³-hybridized carbons (Fsp3) is 0.217. The minimum Gasteiger partial charge on any atom is -0.489 e. The molecule has 0 aliphatic heterocycles. The largest absolute Gasteiger partial charge is 0.489 e. The van der Waals surface area contributed by atoms with Crippen LogP contribution in [0.25, 0.3) is 0 Å². The molecule has 0 bridgehead atoms. The summed E-state index contributed by atoms with van der Waals surface area (Å²) in [7, 11) is 0. The SMILES string of the molecule is Cc1cccc(CNC(=O)c2ccnc(Nc3ccccc3OC(C)C)c2)c1. The van der Waals surface area contributed by atoms with E-state index in [1.807, 2.05) is 63.2 Å². The fourth-order valence-electron chi connectivity index (χ4n) is 2.81. The van der Waals surface area contributed by atoms with Crippen LogP contribution in [0.1, 0.15) is 35.3 Å². The highest BCUT2D eigenvalue weighted by Gasteiger charge is 2.09. The highest BCUT2D eigenvalue weighted by atomic mass is 16.5. The van der Waals surface area contributed by atoms with Crippen molar-refractivity contribution in [1.29, 1.82) is 0 Å². The molecule has 0 aliphatic rings. The summed E-state index contributed by atoms with van der Waals surface area (Å²) >= 11 is 0. The molecule has 3 rings (SSSR count).